The SMILES string of the molecule is CC(=O)c1ccc(NC(=O)CSc2nnc(-c3c[nH]c4ccccc34)n2C2CC2)cc1. The Balaban J connectivity index is 1.32. The number of amides is 1. The predicted octanol–water partition coefficient (Wildman–Crippen LogP) is 4.69. The zero-order chi connectivity index (χ0) is 21.4. The van der Waals surface area contributed by atoms with Crippen LogP contribution in [0.15, 0.2) is 59.9 Å². The van der Waals surface area contributed by atoms with Crippen molar-refractivity contribution in [3.8, 4) is 11.4 Å². The number of carbonyl (C=O) groups excluding carboxylic acids is 2. The average Bonchev–Trinajstić information content (AvgIpc) is 3.38. The molecule has 8 heteroatoms. The molecule has 2 aromatic heterocycles. The minimum absolute atomic E-state index is 0.00107. The van der Waals surface area contributed by atoms with Crippen LogP contribution in [0.1, 0.15) is 36.2 Å². The number of aromatic amines is 1. The first kappa shape index (κ1) is 19.6. The second-order valence-electron chi connectivity index (χ2n) is 7.63. The molecule has 0 radical (unpaired) electrons. The standard InChI is InChI=1S/C23H21N5O2S/c1-14(29)15-6-8-16(9-7-15)25-21(30)13-31-23-27-26-22(28(23)17-10-11-17)19-12-24-20-5-3-2-4-18(19)20/h2-9,12,17,24H,10-11,13H2,1H3,(H,25,30). The van der Waals surface area contributed by atoms with Gasteiger partial charge in [-0.2, -0.15) is 0 Å². The highest BCUT2D eigenvalue weighted by atomic mass is 32.2. The summed E-state index contributed by atoms with van der Waals surface area (Å²) < 4.78 is 2.16. The Morgan fingerprint density at radius 3 is 2.65 bits per heavy atom. The number of nitrogens with zero attached hydrogens (tertiary/aromatic N) is 3. The van der Waals surface area contributed by atoms with Crippen LogP contribution in [0, 0.1) is 0 Å². The van der Waals surface area contributed by atoms with Gasteiger partial charge in [-0.05, 0) is 50.1 Å². The molecule has 0 atom stereocenters. The van der Waals surface area contributed by atoms with Crippen LogP contribution in [0.2, 0.25) is 0 Å². The molecule has 1 amide bonds. The highest BCUT2D eigenvalue weighted by Gasteiger charge is 2.31. The molecule has 7 nitrogen and oxygen atoms in total. The Labute approximate surface area is 183 Å². The molecule has 0 aliphatic heterocycles. The highest BCUT2D eigenvalue weighted by Crippen LogP contribution is 2.42. The molecule has 1 fully saturated rings. The minimum Gasteiger partial charge on any atom is -0.360 e. The van der Waals surface area contributed by atoms with E-state index in [4.69, 9.17) is 0 Å². The summed E-state index contributed by atoms with van der Waals surface area (Å²) in [6, 6.07) is 15.4. The molecule has 0 bridgehead atoms. The Kier molecular flexibility index (Phi) is 5.07. The van der Waals surface area contributed by atoms with Gasteiger partial charge in [0.2, 0.25) is 5.91 Å². The summed E-state index contributed by atoms with van der Waals surface area (Å²) in [5.41, 5.74) is 3.37. The first-order chi connectivity index (χ1) is 15.1. The molecule has 5 rings (SSSR count). The summed E-state index contributed by atoms with van der Waals surface area (Å²) in [4.78, 5) is 27.1. The summed E-state index contributed by atoms with van der Waals surface area (Å²) >= 11 is 1.39. The Hall–Kier alpha value is -3.39. The van der Waals surface area contributed by atoms with E-state index in [0.717, 1.165) is 40.3 Å². The molecule has 156 valence electrons. The van der Waals surface area contributed by atoms with Gasteiger partial charge in [-0.25, -0.2) is 0 Å². The number of hydrogen-bond donors (Lipinski definition) is 2. The van der Waals surface area contributed by atoms with Gasteiger partial charge in [-0.15, -0.1) is 10.2 Å². The Bertz CT molecular complexity index is 1270. The number of aromatic nitrogens is 4. The molecular formula is C23H21N5O2S. The van der Waals surface area contributed by atoms with E-state index in [1.165, 1.54) is 18.7 Å². The van der Waals surface area contributed by atoms with Gasteiger partial charge in [0, 0.05) is 40.0 Å². The summed E-state index contributed by atoms with van der Waals surface area (Å²) in [5.74, 6) is 0.939. The first-order valence-electron chi connectivity index (χ1n) is 10.1. The monoisotopic (exact) mass is 431 g/mol. The first-order valence-corrected chi connectivity index (χ1v) is 11.1. The van der Waals surface area contributed by atoms with Crippen molar-refractivity contribution in [1.82, 2.24) is 19.7 Å². The molecule has 0 saturated heterocycles. The van der Waals surface area contributed by atoms with Crippen molar-refractivity contribution >= 4 is 40.0 Å². The van der Waals surface area contributed by atoms with E-state index in [0.29, 0.717) is 17.3 Å². The summed E-state index contributed by atoms with van der Waals surface area (Å²) in [5, 5.41) is 13.6. The van der Waals surface area contributed by atoms with E-state index in [1.807, 2.05) is 24.4 Å². The van der Waals surface area contributed by atoms with Crippen molar-refractivity contribution < 1.29 is 9.59 Å². The number of nitrogens with one attached hydrogen (secondary N) is 2. The third-order valence-electron chi connectivity index (χ3n) is 5.31. The van der Waals surface area contributed by atoms with Crippen molar-refractivity contribution in [2.24, 2.45) is 0 Å². The molecular weight excluding hydrogens is 410 g/mol. The number of anilines is 1. The number of fused-ring (bicyclic) bond motifs is 1. The van der Waals surface area contributed by atoms with E-state index >= 15 is 0 Å². The molecule has 2 aromatic carbocycles. The van der Waals surface area contributed by atoms with Gasteiger partial charge >= 0.3 is 0 Å². The van der Waals surface area contributed by atoms with E-state index < -0.39 is 0 Å². The smallest absolute Gasteiger partial charge is 0.234 e. The van der Waals surface area contributed by atoms with Crippen LogP contribution in [-0.2, 0) is 4.79 Å². The van der Waals surface area contributed by atoms with E-state index in [9.17, 15) is 9.59 Å². The fourth-order valence-electron chi connectivity index (χ4n) is 3.59. The van der Waals surface area contributed by atoms with E-state index in [1.54, 1.807) is 24.3 Å². The zero-order valence-corrected chi connectivity index (χ0v) is 17.8. The zero-order valence-electron chi connectivity index (χ0n) is 17.0. The highest BCUT2D eigenvalue weighted by molar-refractivity contribution is 7.99. The second-order valence-corrected chi connectivity index (χ2v) is 8.57. The molecule has 0 spiro atoms. The van der Waals surface area contributed by atoms with Crippen LogP contribution in [-0.4, -0.2) is 37.2 Å². The number of benzene rings is 2. The number of rotatable bonds is 7. The van der Waals surface area contributed by atoms with Crippen LogP contribution in [0.25, 0.3) is 22.3 Å². The van der Waals surface area contributed by atoms with Gasteiger partial charge in [-0.3, -0.25) is 14.2 Å². The van der Waals surface area contributed by atoms with Gasteiger partial charge < -0.3 is 10.3 Å². The number of ketones is 1. The number of thioether (sulfide) groups is 1. The maximum Gasteiger partial charge on any atom is 0.234 e. The van der Waals surface area contributed by atoms with Gasteiger partial charge in [0.25, 0.3) is 0 Å². The lowest BCUT2D eigenvalue weighted by Crippen LogP contribution is -2.14. The quantitative estimate of drug-likeness (QED) is 0.327. The summed E-state index contributed by atoms with van der Waals surface area (Å²) in [6.07, 6.45) is 4.16. The number of H-pyrrole nitrogens is 1. The third kappa shape index (κ3) is 3.98. The largest absolute Gasteiger partial charge is 0.360 e. The molecule has 4 aromatic rings. The van der Waals surface area contributed by atoms with Gasteiger partial charge in [0.1, 0.15) is 0 Å². The molecule has 2 N–H and O–H groups in total. The van der Waals surface area contributed by atoms with Crippen LogP contribution in [0.4, 0.5) is 5.69 Å². The fraction of sp³-hybridized carbons (Fsp3) is 0.217. The van der Waals surface area contributed by atoms with Crippen LogP contribution < -0.4 is 5.32 Å². The molecule has 31 heavy (non-hydrogen) atoms. The lowest BCUT2D eigenvalue weighted by Gasteiger charge is -2.09. The summed E-state index contributed by atoms with van der Waals surface area (Å²) in [6.45, 7) is 1.52. The topological polar surface area (TPSA) is 92.7 Å². The molecule has 1 aliphatic rings. The maximum atomic E-state index is 12.5. The molecule has 0 unspecified atom stereocenters. The fourth-order valence-corrected chi connectivity index (χ4v) is 4.40. The van der Waals surface area contributed by atoms with Crippen LogP contribution in [0.5, 0.6) is 0 Å². The van der Waals surface area contributed by atoms with Crippen molar-refractivity contribution in [2.45, 2.75) is 31.0 Å². The molecule has 1 aliphatic carbocycles. The predicted molar refractivity (Wildman–Crippen MR) is 121 cm³/mol. The van der Waals surface area contributed by atoms with Crippen molar-refractivity contribution in [3.05, 3.63) is 60.3 Å². The lowest BCUT2D eigenvalue weighted by atomic mass is 10.1. The summed E-state index contributed by atoms with van der Waals surface area (Å²) in [7, 11) is 0. The van der Waals surface area contributed by atoms with Crippen LogP contribution in [0.3, 0.4) is 0 Å². The van der Waals surface area contributed by atoms with Gasteiger partial charge in [0.15, 0.2) is 16.8 Å². The van der Waals surface area contributed by atoms with Crippen LogP contribution >= 0.6 is 11.8 Å². The van der Waals surface area contributed by atoms with Crippen molar-refractivity contribution in [2.75, 3.05) is 11.1 Å². The average molecular weight is 432 g/mol. The van der Waals surface area contributed by atoms with Crippen molar-refractivity contribution in [3.63, 3.8) is 0 Å². The number of hydrogen-bond acceptors (Lipinski definition) is 5. The van der Waals surface area contributed by atoms with Crippen molar-refractivity contribution in [1.29, 1.82) is 0 Å². The normalized spacial score (nSPS) is 13.5. The van der Waals surface area contributed by atoms with Gasteiger partial charge in [-0.1, -0.05) is 30.0 Å². The van der Waals surface area contributed by atoms with E-state index in [2.05, 4.69) is 31.1 Å². The second kappa shape index (κ2) is 8.03. The number of carbonyl (C=O) groups is 2. The van der Waals surface area contributed by atoms with Gasteiger partial charge in [0.05, 0.1) is 5.75 Å². The molecule has 2 heterocycles. The Morgan fingerprint density at radius 1 is 1.13 bits per heavy atom. The number of para-hydroxylation sites is 1. The minimum atomic E-state index is -0.125. The Morgan fingerprint density at radius 2 is 1.90 bits per heavy atom. The number of Topliss-reactive ketones (excluding diaryl/α,β-unsaturated/α-hetero) is 1. The maximum absolute atomic E-state index is 12.5. The van der Waals surface area contributed by atoms with E-state index in [-0.39, 0.29) is 17.4 Å². The third-order valence-corrected chi connectivity index (χ3v) is 6.26. The lowest BCUT2D eigenvalue weighted by molar-refractivity contribution is -0.113. The molecule has 1 saturated carbocycles.